The molecule has 3 rings (SSSR count). The lowest BCUT2D eigenvalue weighted by Crippen LogP contribution is -2.15. The molecule has 0 aliphatic heterocycles. The van der Waals surface area contributed by atoms with Gasteiger partial charge in [0.25, 0.3) is 5.91 Å². The molecule has 4 N–H and O–H groups in total. The van der Waals surface area contributed by atoms with Crippen molar-refractivity contribution in [1.29, 1.82) is 0 Å². The summed E-state index contributed by atoms with van der Waals surface area (Å²) in [6.45, 7) is 3.13. The highest BCUT2D eigenvalue weighted by atomic mass is 32.1. The van der Waals surface area contributed by atoms with Gasteiger partial charge >= 0.3 is 5.97 Å². The van der Waals surface area contributed by atoms with E-state index in [0.717, 1.165) is 11.3 Å². The highest BCUT2D eigenvalue weighted by Crippen LogP contribution is 2.38. The molecular weight excluding hydrogens is 409 g/mol. The first-order valence-corrected chi connectivity index (χ1v) is 9.70. The topological polar surface area (TPSA) is 115 Å². The van der Waals surface area contributed by atoms with Crippen LogP contribution in [-0.4, -0.2) is 29.1 Å². The molecule has 9 heteroatoms. The predicted molar refractivity (Wildman–Crippen MR) is 112 cm³/mol. The Balaban J connectivity index is 1.99. The van der Waals surface area contributed by atoms with E-state index in [0.29, 0.717) is 21.3 Å². The van der Waals surface area contributed by atoms with Crippen molar-refractivity contribution in [2.24, 2.45) is 5.73 Å². The molecule has 0 saturated heterocycles. The Labute approximate surface area is 176 Å². The number of aliphatic hydroxyl groups is 1. The van der Waals surface area contributed by atoms with Crippen LogP contribution in [0.4, 0.5) is 15.2 Å². The number of methoxy groups -OCH3 is 1. The molecule has 0 atom stereocenters. The minimum absolute atomic E-state index is 0.0909. The number of nitrogens with one attached hydrogen (secondary N) is 1. The molecule has 156 valence electrons. The van der Waals surface area contributed by atoms with Crippen LogP contribution in [0.25, 0.3) is 10.4 Å². The number of nitrogens with zero attached hydrogens (tertiary/aromatic N) is 1. The summed E-state index contributed by atoms with van der Waals surface area (Å²) >= 11 is 1.11. The molecular formula is C21H20FN3O4S. The average Bonchev–Trinajstić information content (AvgIpc) is 3.10. The van der Waals surface area contributed by atoms with E-state index in [4.69, 9.17) is 5.73 Å². The molecule has 0 unspecified atom stereocenters. The summed E-state index contributed by atoms with van der Waals surface area (Å²) in [6.07, 6.45) is 0. The number of esters is 1. The molecule has 0 aliphatic carbocycles. The maximum absolute atomic E-state index is 14.7. The monoisotopic (exact) mass is 429 g/mol. The van der Waals surface area contributed by atoms with Crippen molar-refractivity contribution in [1.82, 2.24) is 4.98 Å². The van der Waals surface area contributed by atoms with Gasteiger partial charge in [0.15, 0.2) is 5.69 Å². The number of primary amides is 1. The van der Waals surface area contributed by atoms with E-state index < -0.39 is 23.3 Å². The van der Waals surface area contributed by atoms with Crippen LogP contribution in [0.5, 0.6) is 0 Å². The molecule has 0 saturated carbocycles. The lowest BCUT2D eigenvalue weighted by Gasteiger charge is -2.18. The van der Waals surface area contributed by atoms with E-state index in [-0.39, 0.29) is 16.8 Å². The smallest absolute Gasteiger partial charge is 0.356 e. The zero-order valence-corrected chi connectivity index (χ0v) is 17.3. The summed E-state index contributed by atoms with van der Waals surface area (Å²) in [4.78, 5) is 28.2. The summed E-state index contributed by atoms with van der Waals surface area (Å²) in [5.41, 5.74) is 5.24. The maximum Gasteiger partial charge on any atom is 0.356 e. The van der Waals surface area contributed by atoms with Crippen LogP contribution in [0.15, 0.2) is 42.5 Å². The van der Waals surface area contributed by atoms with Crippen LogP contribution in [0.1, 0.15) is 40.3 Å². The first kappa shape index (κ1) is 21.4. The van der Waals surface area contributed by atoms with Crippen LogP contribution >= 0.6 is 11.3 Å². The molecule has 0 bridgehead atoms. The molecule has 0 spiro atoms. The van der Waals surface area contributed by atoms with E-state index in [1.165, 1.54) is 25.3 Å². The van der Waals surface area contributed by atoms with Crippen molar-refractivity contribution < 1.29 is 23.8 Å². The Kier molecular flexibility index (Phi) is 5.86. The normalized spacial score (nSPS) is 11.2. The van der Waals surface area contributed by atoms with Gasteiger partial charge in [0, 0.05) is 10.4 Å². The number of aromatic nitrogens is 1. The summed E-state index contributed by atoms with van der Waals surface area (Å²) < 4.78 is 19.4. The third-order valence-corrected chi connectivity index (χ3v) is 5.41. The van der Waals surface area contributed by atoms with Crippen molar-refractivity contribution in [3.05, 3.63) is 65.1 Å². The highest BCUT2D eigenvalue weighted by Gasteiger charge is 2.21. The number of benzene rings is 1. The lowest BCUT2D eigenvalue weighted by molar-refractivity contribution is 0.0594. The van der Waals surface area contributed by atoms with Gasteiger partial charge in [-0.15, -0.1) is 11.3 Å². The summed E-state index contributed by atoms with van der Waals surface area (Å²) in [7, 11) is 1.25. The molecule has 0 aliphatic rings. The zero-order valence-electron chi connectivity index (χ0n) is 16.5. The van der Waals surface area contributed by atoms with E-state index in [2.05, 4.69) is 15.0 Å². The number of anilines is 2. The van der Waals surface area contributed by atoms with Crippen LogP contribution in [0, 0.1) is 5.82 Å². The van der Waals surface area contributed by atoms with Crippen LogP contribution in [0.3, 0.4) is 0 Å². The van der Waals surface area contributed by atoms with E-state index in [1.54, 1.807) is 38.1 Å². The standard InChI is InChI=1S/C21H20FN3O4S/c1-21(2,28)11-7-8-12(14(22)9-11)16-10-13(18(23)26)19(30-16)25-17-6-4-5-15(24-17)20(27)29-3/h4-10,28H,1-3H3,(H2,23,26)(H,24,25). The number of carbonyl (C=O) groups is 2. The van der Waals surface area contributed by atoms with Crippen LogP contribution in [0.2, 0.25) is 0 Å². The Hall–Kier alpha value is -3.30. The third kappa shape index (κ3) is 4.47. The van der Waals surface area contributed by atoms with Gasteiger partial charge in [-0.2, -0.15) is 0 Å². The molecule has 3 aromatic rings. The number of carbonyl (C=O) groups excluding carboxylic acids is 2. The number of nitrogens with two attached hydrogens (primary N) is 1. The van der Waals surface area contributed by atoms with Crippen molar-refractivity contribution in [2.45, 2.75) is 19.4 Å². The second-order valence-electron chi connectivity index (χ2n) is 7.00. The number of rotatable bonds is 6. The molecule has 30 heavy (non-hydrogen) atoms. The molecule has 1 aromatic carbocycles. The Morgan fingerprint density at radius 3 is 2.57 bits per heavy atom. The van der Waals surface area contributed by atoms with Gasteiger partial charge in [-0.3, -0.25) is 4.79 Å². The van der Waals surface area contributed by atoms with Gasteiger partial charge in [-0.25, -0.2) is 14.2 Å². The van der Waals surface area contributed by atoms with Gasteiger partial charge in [-0.05, 0) is 43.7 Å². The fourth-order valence-electron chi connectivity index (χ4n) is 2.73. The van der Waals surface area contributed by atoms with E-state index in [9.17, 15) is 19.1 Å². The van der Waals surface area contributed by atoms with E-state index in [1.807, 2.05) is 0 Å². The number of hydrogen-bond donors (Lipinski definition) is 3. The zero-order chi connectivity index (χ0) is 22.1. The quantitative estimate of drug-likeness (QED) is 0.514. The van der Waals surface area contributed by atoms with Gasteiger partial charge in [0.1, 0.15) is 16.6 Å². The van der Waals surface area contributed by atoms with Gasteiger partial charge < -0.3 is 20.9 Å². The lowest BCUT2D eigenvalue weighted by atomic mass is 9.96. The Morgan fingerprint density at radius 2 is 1.97 bits per heavy atom. The number of pyridine rings is 1. The summed E-state index contributed by atoms with van der Waals surface area (Å²) in [5.74, 6) is -1.54. The minimum Gasteiger partial charge on any atom is -0.464 e. The number of thiophene rings is 1. The van der Waals surface area contributed by atoms with Crippen molar-refractivity contribution in [3.63, 3.8) is 0 Å². The second kappa shape index (κ2) is 8.21. The number of amides is 1. The summed E-state index contributed by atoms with van der Waals surface area (Å²) in [5, 5.41) is 13.4. The van der Waals surface area contributed by atoms with Gasteiger partial charge in [0.05, 0.1) is 18.3 Å². The largest absolute Gasteiger partial charge is 0.464 e. The first-order chi connectivity index (χ1) is 14.1. The van der Waals surface area contributed by atoms with Gasteiger partial charge in [0.2, 0.25) is 0 Å². The SMILES string of the molecule is COC(=O)c1cccc(Nc2sc(-c3ccc(C(C)(C)O)cc3F)cc2C(N)=O)n1. The predicted octanol–water partition coefficient (Wildman–Crippen LogP) is 3.81. The first-order valence-electron chi connectivity index (χ1n) is 8.89. The summed E-state index contributed by atoms with van der Waals surface area (Å²) in [6, 6.07) is 10.6. The second-order valence-corrected chi connectivity index (χ2v) is 8.05. The Bertz CT molecular complexity index is 1120. The molecule has 0 radical (unpaired) electrons. The van der Waals surface area contributed by atoms with Crippen LogP contribution < -0.4 is 11.1 Å². The third-order valence-electron chi connectivity index (χ3n) is 4.32. The van der Waals surface area contributed by atoms with Crippen LogP contribution in [-0.2, 0) is 10.3 Å². The molecule has 7 nitrogen and oxygen atoms in total. The number of hydrogen-bond acceptors (Lipinski definition) is 7. The Morgan fingerprint density at radius 1 is 1.23 bits per heavy atom. The van der Waals surface area contributed by atoms with Crippen molar-refractivity contribution >= 4 is 34.0 Å². The molecule has 2 aromatic heterocycles. The fraction of sp³-hybridized carbons (Fsp3) is 0.190. The van der Waals surface area contributed by atoms with Gasteiger partial charge in [-0.1, -0.05) is 18.2 Å². The van der Waals surface area contributed by atoms with Crippen molar-refractivity contribution in [2.75, 3.05) is 12.4 Å². The average molecular weight is 429 g/mol. The number of halogens is 1. The number of ether oxygens (including phenoxy) is 1. The van der Waals surface area contributed by atoms with Crippen molar-refractivity contribution in [3.8, 4) is 10.4 Å². The fourth-order valence-corrected chi connectivity index (χ4v) is 3.83. The minimum atomic E-state index is -1.18. The molecule has 1 amide bonds. The van der Waals surface area contributed by atoms with E-state index >= 15 is 0 Å². The maximum atomic E-state index is 14.7. The molecule has 2 heterocycles. The molecule has 0 fully saturated rings. The highest BCUT2D eigenvalue weighted by molar-refractivity contribution is 7.19.